The molecule has 0 saturated carbocycles. The van der Waals surface area contributed by atoms with Gasteiger partial charge in [0.1, 0.15) is 11.2 Å². The number of rotatable bonds is 6. The minimum atomic E-state index is 0.866. The Balaban J connectivity index is 1.24. The van der Waals surface area contributed by atoms with Crippen LogP contribution in [0, 0.1) is 0 Å². The minimum absolute atomic E-state index is 0.866. The van der Waals surface area contributed by atoms with E-state index in [9.17, 15) is 0 Å². The summed E-state index contributed by atoms with van der Waals surface area (Å²) >= 11 is 0. The lowest BCUT2D eigenvalue weighted by atomic mass is 9.99. The quantitative estimate of drug-likeness (QED) is 0.178. The summed E-state index contributed by atoms with van der Waals surface area (Å²) in [5.74, 6) is 0. The van der Waals surface area contributed by atoms with E-state index in [1.807, 2.05) is 12.1 Å². The van der Waals surface area contributed by atoms with Crippen molar-refractivity contribution in [2.45, 2.75) is 0 Å². The number of benzene rings is 8. The van der Waals surface area contributed by atoms with Crippen LogP contribution in [0.15, 0.2) is 199 Å². The van der Waals surface area contributed by atoms with Crippen molar-refractivity contribution in [2.24, 2.45) is 0 Å². The number of nitrogens with zero attached hydrogens (tertiary/aromatic N) is 2. The predicted molar refractivity (Wildman–Crippen MR) is 214 cm³/mol. The molecule has 0 radical (unpaired) electrons. The van der Waals surface area contributed by atoms with Crippen molar-refractivity contribution in [3.63, 3.8) is 0 Å². The van der Waals surface area contributed by atoms with Gasteiger partial charge in [0, 0.05) is 50.4 Å². The van der Waals surface area contributed by atoms with Gasteiger partial charge < -0.3 is 13.9 Å². The second kappa shape index (κ2) is 11.9. The molecule has 0 spiro atoms. The smallest absolute Gasteiger partial charge is 0.137 e. The normalized spacial score (nSPS) is 11.5. The molecule has 0 amide bonds. The summed E-state index contributed by atoms with van der Waals surface area (Å²) in [5.41, 5.74) is 13.1. The van der Waals surface area contributed by atoms with Crippen LogP contribution in [0.2, 0.25) is 0 Å². The van der Waals surface area contributed by atoms with Gasteiger partial charge in [0.15, 0.2) is 0 Å². The zero-order valence-corrected chi connectivity index (χ0v) is 27.8. The van der Waals surface area contributed by atoms with Gasteiger partial charge in [-0.2, -0.15) is 0 Å². The lowest BCUT2D eigenvalue weighted by Gasteiger charge is -2.26. The number of para-hydroxylation sites is 2. The highest BCUT2D eigenvalue weighted by molar-refractivity contribution is 6.16. The molecule has 8 aromatic carbocycles. The number of furan rings is 1. The van der Waals surface area contributed by atoms with Crippen molar-refractivity contribution < 1.29 is 4.42 Å². The SMILES string of the molecule is c1ccc(-c2cccc(N(c3ccc4c(c3)oc3ccccc34)c3ccc4c5c(-c6ccccc6)cccc5n(-c5ccccc5)c4c3)c2)cc1. The van der Waals surface area contributed by atoms with E-state index in [2.05, 4.69) is 191 Å². The van der Waals surface area contributed by atoms with Gasteiger partial charge >= 0.3 is 0 Å². The van der Waals surface area contributed by atoms with E-state index in [0.717, 1.165) is 55.8 Å². The van der Waals surface area contributed by atoms with Crippen molar-refractivity contribution in [1.29, 1.82) is 0 Å². The predicted octanol–water partition coefficient (Wildman–Crippen LogP) is 13.5. The lowest BCUT2D eigenvalue weighted by molar-refractivity contribution is 0.669. The maximum absolute atomic E-state index is 6.42. The molecule has 0 unspecified atom stereocenters. The Morgan fingerprint density at radius 1 is 0.373 bits per heavy atom. The number of fused-ring (bicyclic) bond motifs is 6. The van der Waals surface area contributed by atoms with Gasteiger partial charge in [0.2, 0.25) is 0 Å². The van der Waals surface area contributed by atoms with E-state index < -0.39 is 0 Å². The first kappa shape index (κ1) is 29.1. The fourth-order valence-corrected chi connectivity index (χ4v) is 7.66. The number of hydrogen-bond donors (Lipinski definition) is 0. The average Bonchev–Trinajstić information content (AvgIpc) is 3.74. The second-order valence-electron chi connectivity index (χ2n) is 13.0. The van der Waals surface area contributed by atoms with Crippen LogP contribution in [-0.2, 0) is 0 Å². The van der Waals surface area contributed by atoms with Crippen LogP contribution < -0.4 is 4.90 Å². The fraction of sp³-hybridized carbons (Fsp3) is 0. The summed E-state index contributed by atoms with van der Waals surface area (Å²) in [6.07, 6.45) is 0. The van der Waals surface area contributed by atoms with E-state index in [1.165, 1.54) is 33.0 Å². The molecule has 0 N–H and O–H groups in total. The molecule has 10 rings (SSSR count). The highest BCUT2D eigenvalue weighted by Crippen LogP contribution is 2.44. The summed E-state index contributed by atoms with van der Waals surface area (Å²) < 4.78 is 8.82. The fourth-order valence-electron chi connectivity index (χ4n) is 7.66. The third-order valence-electron chi connectivity index (χ3n) is 9.96. The zero-order valence-electron chi connectivity index (χ0n) is 27.8. The minimum Gasteiger partial charge on any atom is -0.456 e. The Hall–Kier alpha value is -6.84. The van der Waals surface area contributed by atoms with Crippen LogP contribution in [0.1, 0.15) is 0 Å². The first-order valence-electron chi connectivity index (χ1n) is 17.4. The molecule has 10 aromatic rings. The molecule has 0 aliphatic rings. The van der Waals surface area contributed by atoms with Gasteiger partial charge in [-0.1, -0.05) is 127 Å². The van der Waals surface area contributed by atoms with Crippen LogP contribution in [0.3, 0.4) is 0 Å². The van der Waals surface area contributed by atoms with Gasteiger partial charge in [-0.15, -0.1) is 0 Å². The average molecular weight is 653 g/mol. The Morgan fingerprint density at radius 3 is 1.78 bits per heavy atom. The molecular weight excluding hydrogens is 621 g/mol. The van der Waals surface area contributed by atoms with Crippen LogP contribution >= 0.6 is 0 Å². The molecule has 2 heterocycles. The largest absolute Gasteiger partial charge is 0.456 e. The third kappa shape index (κ3) is 4.90. The molecule has 3 heteroatoms. The molecule has 0 saturated heterocycles. The van der Waals surface area contributed by atoms with Gasteiger partial charge in [0.05, 0.1) is 11.0 Å². The molecule has 240 valence electrons. The van der Waals surface area contributed by atoms with E-state index >= 15 is 0 Å². The van der Waals surface area contributed by atoms with Crippen molar-refractivity contribution in [2.75, 3.05) is 4.90 Å². The Morgan fingerprint density at radius 2 is 0.980 bits per heavy atom. The third-order valence-corrected chi connectivity index (χ3v) is 9.96. The van der Waals surface area contributed by atoms with Crippen LogP contribution in [0.25, 0.3) is 71.7 Å². The zero-order chi connectivity index (χ0) is 33.7. The van der Waals surface area contributed by atoms with E-state index in [4.69, 9.17) is 4.42 Å². The highest BCUT2D eigenvalue weighted by atomic mass is 16.3. The summed E-state index contributed by atoms with van der Waals surface area (Å²) in [5, 5.41) is 4.69. The summed E-state index contributed by atoms with van der Waals surface area (Å²) in [7, 11) is 0. The topological polar surface area (TPSA) is 21.3 Å². The van der Waals surface area contributed by atoms with Crippen molar-refractivity contribution in [3.05, 3.63) is 194 Å². The molecule has 0 aliphatic carbocycles. The van der Waals surface area contributed by atoms with Gasteiger partial charge in [-0.3, -0.25) is 0 Å². The molecule has 0 atom stereocenters. The Kier molecular flexibility index (Phi) is 6.81. The lowest BCUT2D eigenvalue weighted by Crippen LogP contribution is -2.10. The van der Waals surface area contributed by atoms with Crippen LogP contribution in [-0.4, -0.2) is 4.57 Å². The summed E-state index contributed by atoms with van der Waals surface area (Å²) in [4.78, 5) is 2.35. The Labute approximate surface area is 295 Å². The van der Waals surface area contributed by atoms with Gasteiger partial charge in [-0.25, -0.2) is 0 Å². The number of anilines is 3. The van der Waals surface area contributed by atoms with Gasteiger partial charge in [-0.05, 0) is 82.9 Å². The summed E-state index contributed by atoms with van der Waals surface area (Å²) in [6, 6.07) is 69.2. The molecule has 3 nitrogen and oxygen atoms in total. The van der Waals surface area contributed by atoms with E-state index in [1.54, 1.807) is 0 Å². The molecular formula is C48H32N2O. The molecule has 0 aliphatic heterocycles. The van der Waals surface area contributed by atoms with Crippen molar-refractivity contribution >= 4 is 60.8 Å². The number of hydrogen-bond acceptors (Lipinski definition) is 2. The first-order valence-corrected chi connectivity index (χ1v) is 17.4. The summed E-state index contributed by atoms with van der Waals surface area (Å²) in [6.45, 7) is 0. The van der Waals surface area contributed by atoms with E-state index in [0.29, 0.717) is 0 Å². The number of aromatic nitrogens is 1. The van der Waals surface area contributed by atoms with Crippen molar-refractivity contribution in [3.8, 4) is 27.9 Å². The molecule has 51 heavy (non-hydrogen) atoms. The first-order chi connectivity index (χ1) is 25.3. The van der Waals surface area contributed by atoms with E-state index in [-0.39, 0.29) is 0 Å². The maximum Gasteiger partial charge on any atom is 0.137 e. The monoisotopic (exact) mass is 652 g/mol. The molecule has 2 aromatic heterocycles. The maximum atomic E-state index is 6.42. The highest BCUT2D eigenvalue weighted by Gasteiger charge is 2.21. The van der Waals surface area contributed by atoms with Crippen LogP contribution in [0.5, 0.6) is 0 Å². The molecule has 0 fully saturated rings. The van der Waals surface area contributed by atoms with Gasteiger partial charge in [0.25, 0.3) is 0 Å². The Bertz CT molecular complexity index is 2850. The van der Waals surface area contributed by atoms with Crippen LogP contribution in [0.4, 0.5) is 17.1 Å². The van der Waals surface area contributed by atoms with Crippen molar-refractivity contribution in [1.82, 2.24) is 4.57 Å². The second-order valence-corrected chi connectivity index (χ2v) is 13.0. The molecule has 0 bridgehead atoms. The standard InChI is InChI=1S/C48H32N2O/c1-4-14-33(15-5-1)35-18-12-21-37(30-35)49(39-26-28-42-41-22-10-11-25-46(41)51-47(42)32-39)38-27-29-43-45(31-38)50(36-19-8-3-9-20-36)44-24-13-23-40(48(43)44)34-16-6-2-7-17-34/h1-32H.